The zero-order valence-corrected chi connectivity index (χ0v) is 8.64. The first kappa shape index (κ1) is 13.2. The molecule has 1 unspecified atom stereocenters. The lowest BCUT2D eigenvalue weighted by molar-refractivity contribution is -0.142. The average molecular weight is 203 g/mol. The minimum atomic E-state index is -0.546. The second-order valence-corrected chi connectivity index (χ2v) is 2.74. The molecule has 0 radical (unpaired) electrons. The maximum atomic E-state index is 10.3. The summed E-state index contributed by atoms with van der Waals surface area (Å²) in [5.41, 5.74) is 0. The summed E-state index contributed by atoms with van der Waals surface area (Å²) in [7, 11) is 0. The van der Waals surface area contributed by atoms with E-state index in [1.807, 2.05) is 13.8 Å². The fourth-order valence-corrected chi connectivity index (χ4v) is 1.07. The first-order valence-corrected chi connectivity index (χ1v) is 4.77. The Morgan fingerprint density at radius 1 is 1.29 bits per heavy atom. The third-order valence-electron chi connectivity index (χ3n) is 1.69. The van der Waals surface area contributed by atoms with E-state index in [9.17, 15) is 9.70 Å². The highest BCUT2D eigenvalue weighted by atomic mass is 16.7. The van der Waals surface area contributed by atoms with E-state index in [4.69, 9.17) is 9.47 Å². The lowest BCUT2D eigenvalue weighted by atomic mass is 10.1. The van der Waals surface area contributed by atoms with Gasteiger partial charge < -0.3 is 14.3 Å². The van der Waals surface area contributed by atoms with Gasteiger partial charge in [0.1, 0.15) is 12.3 Å². The molecule has 0 heterocycles. The standard InChI is InChI=1S/C9H17NO4/c1-3-13-9(14-4-2)7-8(10-12)5-6-11/h6,8-9H,3-5,7H2,1-2H3. The van der Waals surface area contributed by atoms with Crippen molar-refractivity contribution < 1.29 is 14.3 Å². The van der Waals surface area contributed by atoms with Gasteiger partial charge in [0, 0.05) is 26.1 Å². The summed E-state index contributed by atoms with van der Waals surface area (Å²) in [5, 5.41) is 2.84. The fourth-order valence-electron chi connectivity index (χ4n) is 1.07. The number of ether oxygens (including phenoxy) is 2. The molecule has 0 aliphatic rings. The number of nitroso groups, excluding NO2 is 1. The summed E-state index contributed by atoms with van der Waals surface area (Å²) in [6.07, 6.45) is 0.707. The number of carbonyl (C=O) groups excluding carboxylic acids is 1. The van der Waals surface area contributed by atoms with E-state index < -0.39 is 12.3 Å². The lowest BCUT2D eigenvalue weighted by Gasteiger charge is -2.18. The van der Waals surface area contributed by atoms with E-state index in [-0.39, 0.29) is 6.42 Å². The van der Waals surface area contributed by atoms with E-state index in [1.54, 1.807) is 0 Å². The average Bonchev–Trinajstić information content (AvgIpc) is 2.18. The van der Waals surface area contributed by atoms with Crippen molar-refractivity contribution in [3.8, 4) is 0 Å². The lowest BCUT2D eigenvalue weighted by Crippen LogP contribution is -2.23. The van der Waals surface area contributed by atoms with Crippen LogP contribution in [0.3, 0.4) is 0 Å². The summed E-state index contributed by atoms with van der Waals surface area (Å²) < 4.78 is 10.4. The summed E-state index contributed by atoms with van der Waals surface area (Å²) in [6, 6.07) is -0.546. The molecule has 0 bridgehead atoms. The van der Waals surface area contributed by atoms with E-state index in [0.717, 1.165) is 0 Å². The SMILES string of the molecule is CCOC(CC(CC=O)N=O)OCC. The van der Waals surface area contributed by atoms with Crippen molar-refractivity contribution in [2.24, 2.45) is 5.18 Å². The molecule has 5 heteroatoms. The molecule has 82 valence electrons. The first-order chi connectivity index (χ1) is 6.78. The molecule has 0 aliphatic carbocycles. The Kier molecular flexibility index (Phi) is 8.27. The quantitative estimate of drug-likeness (QED) is 0.323. The third kappa shape index (κ3) is 5.77. The van der Waals surface area contributed by atoms with Gasteiger partial charge in [0.05, 0.1) is 0 Å². The monoisotopic (exact) mass is 203 g/mol. The van der Waals surface area contributed by atoms with Gasteiger partial charge in [-0.05, 0) is 13.8 Å². The summed E-state index contributed by atoms with van der Waals surface area (Å²) in [5.74, 6) is 0. The van der Waals surface area contributed by atoms with Crippen molar-refractivity contribution in [2.45, 2.75) is 39.0 Å². The number of aldehydes is 1. The Labute approximate surface area is 83.7 Å². The van der Waals surface area contributed by atoms with Gasteiger partial charge in [-0.1, -0.05) is 5.18 Å². The Hall–Kier alpha value is -0.810. The van der Waals surface area contributed by atoms with Crippen LogP contribution in [0.2, 0.25) is 0 Å². The summed E-state index contributed by atoms with van der Waals surface area (Å²) in [4.78, 5) is 20.5. The molecule has 0 saturated carbocycles. The number of nitrogens with zero attached hydrogens (tertiary/aromatic N) is 1. The molecule has 0 aromatic carbocycles. The van der Waals surface area contributed by atoms with Crippen LogP contribution in [0.15, 0.2) is 5.18 Å². The zero-order valence-electron chi connectivity index (χ0n) is 8.64. The van der Waals surface area contributed by atoms with Gasteiger partial charge in [0.2, 0.25) is 0 Å². The number of rotatable bonds is 9. The van der Waals surface area contributed by atoms with Gasteiger partial charge in [0.15, 0.2) is 6.29 Å². The molecule has 0 aromatic heterocycles. The van der Waals surface area contributed by atoms with Crippen LogP contribution in [0.5, 0.6) is 0 Å². The Morgan fingerprint density at radius 3 is 2.21 bits per heavy atom. The number of carbonyl (C=O) groups is 1. The largest absolute Gasteiger partial charge is 0.353 e. The molecule has 0 spiro atoms. The molecule has 0 N–H and O–H groups in total. The van der Waals surface area contributed by atoms with Crippen LogP contribution in [0.4, 0.5) is 0 Å². The topological polar surface area (TPSA) is 65.0 Å². The van der Waals surface area contributed by atoms with Gasteiger partial charge in [-0.3, -0.25) is 0 Å². The molecule has 0 rings (SSSR count). The van der Waals surface area contributed by atoms with Gasteiger partial charge in [0.25, 0.3) is 0 Å². The van der Waals surface area contributed by atoms with Gasteiger partial charge in [-0.25, -0.2) is 0 Å². The summed E-state index contributed by atoms with van der Waals surface area (Å²) >= 11 is 0. The smallest absolute Gasteiger partial charge is 0.159 e. The van der Waals surface area contributed by atoms with Crippen molar-refractivity contribution in [3.05, 3.63) is 4.91 Å². The Balaban J connectivity index is 3.95. The second kappa shape index (κ2) is 8.77. The van der Waals surface area contributed by atoms with E-state index in [0.29, 0.717) is 25.9 Å². The summed E-state index contributed by atoms with van der Waals surface area (Å²) in [6.45, 7) is 4.71. The molecule has 0 amide bonds. The van der Waals surface area contributed by atoms with Crippen LogP contribution in [0.1, 0.15) is 26.7 Å². The fraction of sp³-hybridized carbons (Fsp3) is 0.889. The normalized spacial score (nSPS) is 12.8. The van der Waals surface area contributed by atoms with Crippen LogP contribution in [0.25, 0.3) is 0 Å². The number of hydrogen-bond donors (Lipinski definition) is 0. The van der Waals surface area contributed by atoms with Crippen LogP contribution in [-0.2, 0) is 14.3 Å². The second-order valence-electron chi connectivity index (χ2n) is 2.74. The van der Waals surface area contributed by atoms with Crippen LogP contribution >= 0.6 is 0 Å². The maximum Gasteiger partial charge on any atom is 0.159 e. The molecule has 0 saturated heterocycles. The van der Waals surface area contributed by atoms with Crippen molar-refractivity contribution in [1.82, 2.24) is 0 Å². The van der Waals surface area contributed by atoms with E-state index >= 15 is 0 Å². The van der Waals surface area contributed by atoms with Crippen LogP contribution in [-0.4, -0.2) is 31.8 Å². The highest BCUT2D eigenvalue weighted by Crippen LogP contribution is 2.10. The first-order valence-electron chi connectivity index (χ1n) is 4.77. The van der Waals surface area contributed by atoms with E-state index in [2.05, 4.69) is 5.18 Å². The van der Waals surface area contributed by atoms with Crippen LogP contribution < -0.4 is 0 Å². The molecule has 0 fully saturated rings. The molecule has 14 heavy (non-hydrogen) atoms. The highest BCUT2D eigenvalue weighted by Gasteiger charge is 2.16. The Morgan fingerprint density at radius 2 is 1.86 bits per heavy atom. The van der Waals surface area contributed by atoms with Gasteiger partial charge >= 0.3 is 0 Å². The van der Waals surface area contributed by atoms with Crippen LogP contribution in [0, 0.1) is 4.91 Å². The Bertz CT molecular complexity index is 157. The minimum Gasteiger partial charge on any atom is -0.353 e. The van der Waals surface area contributed by atoms with Crippen molar-refractivity contribution in [1.29, 1.82) is 0 Å². The molecule has 0 aromatic rings. The highest BCUT2D eigenvalue weighted by molar-refractivity contribution is 5.50. The predicted molar refractivity (Wildman–Crippen MR) is 51.9 cm³/mol. The predicted octanol–water partition coefficient (Wildman–Crippen LogP) is 1.50. The molecule has 1 atom stereocenters. The van der Waals surface area contributed by atoms with Crippen molar-refractivity contribution in [3.63, 3.8) is 0 Å². The maximum absolute atomic E-state index is 10.3. The minimum absolute atomic E-state index is 0.125. The third-order valence-corrected chi connectivity index (χ3v) is 1.69. The van der Waals surface area contributed by atoms with Gasteiger partial charge in [-0.15, -0.1) is 0 Å². The molecular formula is C9H17NO4. The molecule has 5 nitrogen and oxygen atoms in total. The van der Waals surface area contributed by atoms with Crippen molar-refractivity contribution >= 4 is 6.29 Å². The molecular weight excluding hydrogens is 186 g/mol. The zero-order chi connectivity index (χ0) is 10.8. The van der Waals surface area contributed by atoms with Crippen molar-refractivity contribution in [2.75, 3.05) is 13.2 Å². The van der Waals surface area contributed by atoms with Gasteiger partial charge in [-0.2, -0.15) is 4.91 Å². The molecule has 0 aliphatic heterocycles. The van der Waals surface area contributed by atoms with E-state index in [1.165, 1.54) is 0 Å². The number of hydrogen-bond acceptors (Lipinski definition) is 5.